The molecule has 0 unspecified atom stereocenters. The summed E-state index contributed by atoms with van der Waals surface area (Å²) in [5.41, 5.74) is 0.343. The number of carbonyl (C=O) groups excluding carboxylic acids is 1. The van der Waals surface area contributed by atoms with E-state index in [2.05, 4.69) is 20.4 Å². The van der Waals surface area contributed by atoms with Gasteiger partial charge in [0, 0.05) is 18.6 Å². The summed E-state index contributed by atoms with van der Waals surface area (Å²) in [6.07, 6.45) is 5.70. The van der Waals surface area contributed by atoms with Gasteiger partial charge in [0.15, 0.2) is 11.4 Å². The number of pyridine rings is 2. The van der Waals surface area contributed by atoms with Gasteiger partial charge in [0.2, 0.25) is 0 Å². The first-order chi connectivity index (χ1) is 14.6. The van der Waals surface area contributed by atoms with Gasteiger partial charge in [-0.25, -0.2) is 18.7 Å². The third kappa shape index (κ3) is 5.20. The van der Waals surface area contributed by atoms with Crippen LogP contribution in [0.1, 0.15) is 28.0 Å². The Hall–Kier alpha value is -4.19. The van der Waals surface area contributed by atoms with Gasteiger partial charge in [0.25, 0.3) is 5.91 Å². The lowest BCUT2D eigenvalue weighted by Gasteiger charge is -2.07. The van der Waals surface area contributed by atoms with Gasteiger partial charge in [-0.15, -0.1) is 0 Å². The van der Waals surface area contributed by atoms with E-state index in [1.54, 1.807) is 24.4 Å². The molecule has 1 N–H and O–H groups in total. The number of hydrogen-bond donors (Lipinski definition) is 1. The van der Waals surface area contributed by atoms with Crippen molar-refractivity contribution in [3.05, 3.63) is 83.3 Å². The van der Waals surface area contributed by atoms with Gasteiger partial charge in [-0.05, 0) is 48.7 Å². The molecule has 0 saturated carbocycles. The van der Waals surface area contributed by atoms with Crippen LogP contribution in [0.25, 0.3) is 0 Å². The normalized spacial score (nSPS) is 10.6. The van der Waals surface area contributed by atoms with Crippen LogP contribution in [0.15, 0.2) is 60.0 Å². The summed E-state index contributed by atoms with van der Waals surface area (Å²) in [6, 6.07) is 11.6. The minimum absolute atomic E-state index is 0.145. The second-order valence-electron chi connectivity index (χ2n) is 5.98. The van der Waals surface area contributed by atoms with Gasteiger partial charge in [-0.3, -0.25) is 4.79 Å². The van der Waals surface area contributed by atoms with Crippen LogP contribution in [-0.2, 0) is 6.42 Å². The van der Waals surface area contributed by atoms with Crippen LogP contribution in [-0.4, -0.2) is 22.1 Å². The molecule has 3 aromatic rings. The summed E-state index contributed by atoms with van der Waals surface area (Å²) in [5, 5.41) is 15.1. The Morgan fingerprint density at radius 1 is 1.17 bits per heavy atom. The standard InChI is InChI=1S/C21H15F2N5O2/c22-15-5-1-6-16(23)20(15)21(29)28-19-9-8-14(13-26-19)4-2-11-27-30-18-7-3-10-25-17(18)12-24/h1,3,5-11,13H,2,4H2,(H,26,28,29)/b27-11+. The Morgan fingerprint density at radius 3 is 2.67 bits per heavy atom. The number of carbonyl (C=O) groups is 1. The first-order valence-electron chi connectivity index (χ1n) is 8.82. The van der Waals surface area contributed by atoms with Gasteiger partial charge in [0.05, 0.1) is 0 Å². The van der Waals surface area contributed by atoms with E-state index in [0.29, 0.717) is 12.8 Å². The number of benzene rings is 1. The van der Waals surface area contributed by atoms with Gasteiger partial charge < -0.3 is 10.2 Å². The number of aryl methyl sites for hydroxylation is 1. The molecule has 1 aromatic carbocycles. The van der Waals surface area contributed by atoms with Gasteiger partial charge in [0.1, 0.15) is 29.1 Å². The van der Waals surface area contributed by atoms with E-state index in [9.17, 15) is 13.6 Å². The van der Waals surface area contributed by atoms with E-state index in [4.69, 9.17) is 10.1 Å². The average Bonchev–Trinajstić information content (AvgIpc) is 2.75. The number of nitriles is 1. The first-order valence-corrected chi connectivity index (χ1v) is 8.82. The lowest BCUT2D eigenvalue weighted by molar-refractivity contribution is 0.101. The zero-order chi connectivity index (χ0) is 21.3. The zero-order valence-corrected chi connectivity index (χ0v) is 15.5. The monoisotopic (exact) mass is 407 g/mol. The van der Waals surface area contributed by atoms with Crippen molar-refractivity contribution in [1.29, 1.82) is 5.26 Å². The van der Waals surface area contributed by atoms with E-state index >= 15 is 0 Å². The summed E-state index contributed by atoms with van der Waals surface area (Å²) < 4.78 is 27.3. The molecule has 7 nitrogen and oxygen atoms in total. The summed E-state index contributed by atoms with van der Waals surface area (Å²) in [4.78, 5) is 25.1. The molecule has 3 rings (SSSR count). The van der Waals surface area contributed by atoms with E-state index in [1.165, 1.54) is 24.5 Å². The number of amides is 1. The predicted octanol–water partition coefficient (Wildman–Crippen LogP) is 3.88. The molecule has 150 valence electrons. The highest BCUT2D eigenvalue weighted by molar-refractivity contribution is 6.04. The quantitative estimate of drug-likeness (QED) is 0.473. The SMILES string of the molecule is N#Cc1ncccc1O/N=C/CCc1ccc(NC(=O)c2c(F)cccc2F)nc1. The maximum absolute atomic E-state index is 13.7. The molecule has 0 fully saturated rings. The molecule has 0 spiro atoms. The summed E-state index contributed by atoms with van der Waals surface area (Å²) in [6.45, 7) is 0. The number of hydrogen-bond acceptors (Lipinski definition) is 6. The highest BCUT2D eigenvalue weighted by Crippen LogP contribution is 2.15. The molecular formula is C21H15F2N5O2. The average molecular weight is 407 g/mol. The third-order valence-corrected chi connectivity index (χ3v) is 3.92. The van der Waals surface area contributed by atoms with Crippen molar-refractivity contribution in [3.8, 4) is 11.8 Å². The van der Waals surface area contributed by atoms with E-state index in [1.807, 2.05) is 6.07 Å². The number of oxime groups is 1. The van der Waals surface area contributed by atoms with Crippen LogP contribution >= 0.6 is 0 Å². The Morgan fingerprint density at radius 2 is 1.97 bits per heavy atom. The van der Waals surface area contributed by atoms with Gasteiger partial charge in [-0.2, -0.15) is 5.26 Å². The molecule has 30 heavy (non-hydrogen) atoms. The Bertz CT molecular complexity index is 1090. The molecule has 9 heteroatoms. The number of anilines is 1. The van der Waals surface area contributed by atoms with E-state index in [0.717, 1.165) is 17.7 Å². The van der Waals surface area contributed by atoms with E-state index < -0.39 is 23.1 Å². The van der Waals surface area contributed by atoms with Crippen molar-refractivity contribution in [3.63, 3.8) is 0 Å². The van der Waals surface area contributed by atoms with Gasteiger partial charge in [-0.1, -0.05) is 17.3 Å². The second kappa shape index (κ2) is 9.84. The third-order valence-electron chi connectivity index (χ3n) is 3.92. The Labute approximate surface area is 170 Å². The predicted molar refractivity (Wildman–Crippen MR) is 105 cm³/mol. The maximum Gasteiger partial charge on any atom is 0.262 e. The van der Waals surface area contributed by atoms with Crippen LogP contribution in [0.5, 0.6) is 5.75 Å². The smallest absolute Gasteiger partial charge is 0.262 e. The molecular weight excluding hydrogens is 392 g/mol. The van der Waals surface area contributed by atoms with Crippen LogP contribution in [0.2, 0.25) is 0 Å². The van der Waals surface area contributed by atoms with Crippen molar-refractivity contribution >= 4 is 17.9 Å². The van der Waals surface area contributed by atoms with Crippen molar-refractivity contribution in [2.45, 2.75) is 12.8 Å². The molecule has 0 atom stereocenters. The van der Waals surface area contributed by atoms with Gasteiger partial charge >= 0.3 is 0 Å². The number of aromatic nitrogens is 2. The molecule has 0 bridgehead atoms. The number of halogens is 2. The molecule has 2 heterocycles. The van der Waals surface area contributed by atoms with Crippen molar-refractivity contribution in [2.75, 3.05) is 5.32 Å². The number of nitrogens with zero attached hydrogens (tertiary/aromatic N) is 4. The number of nitrogens with one attached hydrogen (secondary N) is 1. The van der Waals surface area contributed by atoms with Crippen molar-refractivity contribution in [2.24, 2.45) is 5.16 Å². The zero-order valence-electron chi connectivity index (χ0n) is 15.5. The molecule has 2 aromatic heterocycles. The highest BCUT2D eigenvalue weighted by Gasteiger charge is 2.17. The van der Waals surface area contributed by atoms with Crippen LogP contribution in [0, 0.1) is 23.0 Å². The fourth-order valence-electron chi connectivity index (χ4n) is 2.47. The molecule has 0 saturated heterocycles. The second-order valence-corrected chi connectivity index (χ2v) is 5.98. The summed E-state index contributed by atoms with van der Waals surface area (Å²) in [5.74, 6) is -2.37. The lowest BCUT2D eigenvalue weighted by Crippen LogP contribution is -2.16. The summed E-state index contributed by atoms with van der Waals surface area (Å²) >= 11 is 0. The Kier molecular flexibility index (Phi) is 6.74. The van der Waals surface area contributed by atoms with Crippen LogP contribution in [0.4, 0.5) is 14.6 Å². The first kappa shape index (κ1) is 20.5. The molecule has 0 aliphatic rings. The lowest BCUT2D eigenvalue weighted by atomic mass is 10.1. The molecule has 0 aliphatic heterocycles. The van der Waals surface area contributed by atoms with Crippen molar-refractivity contribution in [1.82, 2.24) is 9.97 Å². The summed E-state index contributed by atoms with van der Waals surface area (Å²) in [7, 11) is 0. The minimum Gasteiger partial charge on any atom is -0.354 e. The highest BCUT2D eigenvalue weighted by atomic mass is 19.1. The minimum atomic E-state index is -0.946. The topological polar surface area (TPSA) is 100 Å². The fourth-order valence-corrected chi connectivity index (χ4v) is 2.47. The van der Waals surface area contributed by atoms with Crippen LogP contribution < -0.4 is 10.2 Å². The van der Waals surface area contributed by atoms with Crippen molar-refractivity contribution < 1.29 is 18.4 Å². The van der Waals surface area contributed by atoms with Crippen LogP contribution in [0.3, 0.4) is 0 Å². The Balaban J connectivity index is 1.51. The fraction of sp³-hybridized carbons (Fsp3) is 0.0952. The molecule has 0 aliphatic carbocycles. The molecule has 0 radical (unpaired) electrons. The number of rotatable bonds is 7. The maximum atomic E-state index is 13.7. The molecule has 1 amide bonds. The van der Waals surface area contributed by atoms with E-state index in [-0.39, 0.29) is 17.3 Å². The largest absolute Gasteiger partial charge is 0.354 e.